The number of ether oxygens (including phenoxy) is 1. The predicted molar refractivity (Wildman–Crippen MR) is 89.0 cm³/mol. The van der Waals surface area contributed by atoms with E-state index in [1.807, 2.05) is 19.9 Å². The lowest BCUT2D eigenvalue weighted by molar-refractivity contribution is -0.144. The molecule has 5 nitrogen and oxygen atoms in total. The second kappa shape index (κ2) is 5.09. The summed E-state index contributed by atoms with van der Waals surface area (Å²) in [6.45, 7) is 3.71. The molecule has 1 saturated heterocycles. The molecule has 0 unspecified atom stereocenters. The lowest BCUT2D eigenvalue weighted by Gasteiger charge is -2.14. The molecule has 2 aromatic carbocycles. The van der Waals surface area contributed by atoms with Crippen LogP contribution in [-0.4, -0.2) is 11.1 Å². The van der Waals surface area contributed by atoms with Crippen LogP contribution in [0, 0.1) is 12.8 Å². The number of carbonyl (C=O) groups excluding carboxylic acids is 1. The van der Waals surface area contributed by atoms with E-state index >= 15 is 0 Å². The fourth-order valence-electron chi connectivity index (χ4n) is 3.35. The Morgan fingerprint density at radius 2 is 1.92 bits per heavy atom. The van der Waals surface area contributed by atoms with Crippen molar-refractivity contribution in [2.75, 3.05) is 0 Å². The Balaban J connectivity index is 2.09. The number of phenols is 1. The Kier molecular flexibility index (Phi) is 3.13. The zero-order valence-electron chi connectivity index (χ0n) is 13.3. The Morgan fingerprint density at radius 1 is 1.12 bits per heavy atom. The monoisotopic (exact) mass is 324 g/mol. The minimum Gasteiger partial charge on any atom is -0.507 e. The molecule has 122 valence electrons. The minimum absolute atomic E-state index is 0.119. The third-order valence-corrected chi connectivity index (χ3v) is 4.53. The predicted octanol–water partition coefficient (Wildman–Crippen LogP) is 3.58. The number of fused-ring (bicyclic) bond motifs is 2. The maximum atomic E-state index is 13.0. The largest absolute Gasteiger partial charge is 0.507 e. The lowest BCUT2D eigenvalue weighted by Crippen LogP contribution is -2.09. The van der Waals surface area contributed by atoms with E-state index in [9.17, 15) is 14.7 Å². The van der Waals surface area contributed by atoms with Crippen LogP contribution in [0.25, 0.3) is 21.9 Å². The van der Waals surface area contributed by atoms with Crippen LogP contribution in [0.4, 0.5) is 0 Å². The molecule has 0 bridgehead atoms. The normalized spacial score (nSPS) is 20.7. The molecule has 2 atom stereocenters. The van der Waals surface area contributed by atoms with Gasteiger partial charge in [0.25, 0.3) is 0 Å². The van der Waals surface area contributed by atoms with Gasteiger partial charge in [0.1, 0.15) is 28.4 Å². The lowest BCUT2D eigenvalue weighted by atomic mass is 9.95. The molecule has 1 aliphatic rings. The Hall–Kier alpha value is -2.82. The fraction of sp³-hybridized carbons (Fsp3) is 0.263. The summed E-state index contributed by atoms with van der Waals surface area (Å²) in [5.41, 5.74) is 2.01. The van der Waals surface area contributed by atoms with Crippen LogP contribution in [0.5, 0.6) is 5.75 Å². The van der Waals surface area contributed by atoms with E-state index in [0.29, 0.717) is 28.5 Å². The van der Waals surface area contributed by atoms with Crippen molar-refractivity contribution in [3.8, 4) is 5.75 Å². The van der Waals surface area contributed by atoms with Crippen LogP contribution in [0.15, 0.2) is 39.5 Å². The molecular formula is C19H16O5. The molecule has 2 heterocycles. The Morgan fingerprint density at radius 3 is 2.62 bits per heavy atom. The summed E-state index contributed by atoms with van der Waals surface area (Å²) in [5.74, 6) is -0.583. The average Bonchev–Trinajstić information content (AvgIpc) is 2.85. The second-order valence-electron chi connectivity index (χ2n) is 6.37. The van der Waals surface area contributed by atoms with Gasteiger partial charge < -0.3 is 14.3 Å². The zero-order chi connectivity index (χ0) is 17.0. The molecule has 3 aromatic rings. The smallest absolute Gasteiger partial charge is 0.309 e. The number of benzene rings is 2. The summed E-state index contributed by atoms with van der Waals surface area (Å²) in [5, 5.41) is 10.6. The number of esters is 1. The van der Waals surface area contributed by atoms with Gasteiger partial charge in [0, 0.05) is 12.0 Å². The summed E-state index contributed by atoms with van der Waals surface area (Å²) in [6, 6.07) is 8.36. The van der Waals surface area contributed by atoms with Gasteiger partial charge in [0.2, 0.25) is 5.43 Å². The van der Waals surface area contributed by atoms with Crippen molar-refractivity contribution in [1.82, 2.24) is 0 Å². The summed E-state index contributed by atoms with van der Waals surface area (Å²) < 4.78 is 11.3. The van der Waals surface area contributed by atoms with Gasteiger partial charge in [0.05, 0.1) is 11.3 Å². The molecule has 1 N–H and O–H groups in total. The van der Waals surface area contributed by atoms with E-state index in [4.69, 9.17) is 9.15 Å². The topological polar surface area (TPSA) is 76.7 Å². The van der Waals surface area contributed by atoms with Gasteiger partial charge in [-0.25, -0.2) is 0 Å². The molecule has 24 heavy (non-hydrogen) atoms. The fourth-order valence-corrected chi connectivity index (χ4v) is 3.35. The number of aryl methyl sites for hydroxylation is 1. The van der Waals surface area contributed by atoms with Crippen LogP contribution >= 0.6 is 0 Å². The van der Waals surface area contributed by atoms with Crippen molar-refractivity contribution in [3.63, 3.8) is 0 Å². The zero-order valence-corrected chi connectivity index (χ0v) is 13.3. The minimum atomic E-state index is -0.471. The molecule has 0 spiro atoms. The molecule has 1 aliphatic heterocycles. The number of hydrogen-bond acceptors (Lipinski definition) is 5. The highest BCUT2D eigenvalue weighted by Crippen LogP contribution is 2.37. The van der Waals surface area contributed by atoms with E-state index in [1.165, 1.54) is 6.07 Å². The van der Waals surface area contributed by atoms with E-state index in [-0.39, 0.29) is 28.5 Å². The molecule has 0 amide bonds. The first-order valence-corrected chi connectivity index (χ1v) is 7.85. The van der Waals surface area contributed by atoms with E-state index in [1.54, 1.807) is 18.2 Å². The van der Waals surface area contributed by atoms with Crippen molar-refractivity contribution in [3.05, 3.63) is 51.7 Å². The van der Waals surface area contributed by atoms with Gasteiger partial charge in [-0.2, -0.15) is 0 Å². The first-order chi connectivity index (χ1) is 11.5. The van der Waals surface area contributed by atoms with Crippen LogP contribution in [0.2, 0.25) is 0 Å². The average molecular weight is 324 g/mol. The summed E-state index contributed by atoms with van der Waals surface area (Å²) in [6.07, 6.45) is 0.0522. The van der Waals surface area contributed by atoms with E-state index in [2.05, 4.69) is 0 Å². The third kappa shape index (κ3) is 2.08. The van der Waals surface area contributed by atoms with Gasteiger partial charge in [-0.15, -0.1) is 0 Å². The Bertz CT molecular complexity index is 1050. The van der Waals surface area contributed by atoms with Crippen LogP contribution in [0.3, 0.4) is 0 Å². The van der Waals surface area contributed by atoms with Crippen molar-refractivity contribution in [2.24, 2.45) is 5.92 Å². The Labute approximate surface area is 137 Å². The number of rotatable bonds is 1. The third-order valence-electron chi connectivity index (χ3n) is 4.53. The van der Waals surface area contributed by atoms with Crippen LogP contribution in [0.1, 0.15) is 30.6 Å². The molecule has 4 rings (SSSR count). The standard InChI is InChI=1S/C19H16O5/c1-9-6-11(14-8-10(2)19(22)24-14)16-15(7-9)23-13-5-3-4-12(20)17(13)18(16)21/h3-7,10,14,20H,8H2,1-2H3/t10-,14-/m0/s1. The number of hydrogen-bond donors (Lipinski definition) is 1. The van der Waals surface area contributed by atoms with Crippen LogP contribution in [-0.2, 0) is 9.53 Å². The first kappa shape index (κ1) is 14.8. The van der Waals surface area contributed by atoms with Crippen molar-refractivity contribution >= 4 is 27.9 Å². The van der Waals surface area contributed by atoms with Gasteiger partial charge in [0.15, 0.2) is 0 Å². The van der Waals surface area contributed by atoms with E-state index < -0.39 is 6.10 Å². The molecule has 1 aromatic heterocycles. The van der Waals surface area contributed by atoms with Gasteiger partial charge in [-0.3, -0.25) is 9.59 Å². The quantitative estimate of drug-likeness (QED) is 0.547. The highest BCUT2D eigenvalue weighted by Gasteiger charge is 2.34. The van der Waals surface area contributed by atoms with Gasteiger partial charge >= 0.3 is 5.97 Å². The highest BCUT2D eigenvalue weighted by molar-refractivity contribution is 5.95. The molecule has 0 saturated carbocycles. The summed E-state index contributed by atoms with van der Waals surface area (Å²) in [7, 11) is 0. The van der Waals surface area contributed by atoms with Gasteiger partial charge in [-0.05, 0) is 30.7 Å². The SMILES string of the molecule is Cc1cc([C@@H]2C[C@H](C)C(=O)O2)c2c(=O)c3c(O)cccc3oc2c1. The number of aromatic hydroxyl groups is 1. The van der Waals surface area contributed by atoms with E-state index in [0.717, 1.165) is 5.56 Å². The van der Waals surface area contributed by atoms with Gasteiger partial charge in [-0.1, -0.05) is 19.1 Å². The highest BCUT2D eigenvalue weighted by atomic mass is 16.6. The first-order valence-electron chi connectivity index (χ1n) is 7.85. The number of cyclic esters (lactones) is 1. The number of phenolic OH excluding ortho intramolecular Hbond substituents is 1. The maximum absolute atomic E-state index is 13.0. The van der Waals surface area contributed by atoms with Crippen molar-refractivity contribution in [1.29, 1.82) is 0 Å². The van der Waals surface area contributed by atoms with Crippen molar-refractivity contribution in [2.45, 2.75) is 26.4 Å². The molecule has 0 radical (unpaired) electrons. The molecule has 5 heteroatoms. The molecule has 0 aliphatic carbocycles. The van der Waals surface area contributed by atoms with Crippen molar-refractivity contribution < 1.29 is 19.1 Å². The number of carbonyl (C=O) groups is 1. The summed E-state index contributed by atoms with van der Waals surface area (Å²) in [4.78, 5) is 24.8. The summed E-state index contributed by atoms with van der Waals surface area (Å²) >= 11 is 0. The molecule has 1 fully saturated rings. The van der Waals surface area contributed by atoms with Crippen LogP contribution < -0.4 is 5.43 Å². The molecular weight excluding hydrogens is 308 g/mol. The second-order valence-corrected chi connectivity index (χ2v) is 6.37. The maximum Gasteiger partial charge on any atom is 0.309 e.